The molecule has 1 aromatic rings. The third kappa shape index (κ3) is 5.52. The summed E-state index contributed by atoms with van der Waals surface area (Å²) in [6.07, 6.45) is 6.68. The minimum atomic E-state index is -3.98. The van der Waals surface area contributed by atoms with E-state index in [0.717, 1.165) is 5.56 Å². The van der Waals surface area contributed by atoms with Crippen molar-refractivity contribution in [2.45, 2.75) is 37.3 Å². The first kappa shape index (κ1) is 19.9. The molecular weight excluding hydrogens is 342 g/mol. The van der Waals surface area contributed by atoms with E-state index in [1.807, 2.05) is 6.92 Å². The molecule has 25 heavy (non-hydrogen) atoms. The Balaban J connectivity index is 2.04. The Morgan fingerprint density at radius 2 is 1.76 bits per heavy atom. The molecule has 6 nitrogen and oxygen atoms in total. The van der Waals surface area contributed by atoms with Crippen molar-refractivity contribution < 1.29 is 22.5 Å². The van der Waals surface area contributed by atoms with Gasteiger partial charge in [0.25, 0.3) is 10.1 Å². The summed E-state index contributed by atoms with van der Waals surface area (Å²) in [6, 6.07) is 5.33. The molecule has 1 atom stereocenters. The zero-order valence-electron chi connectivity index (χ0n) is 14.4. The number of amides is 1. The van der Waals surface area contributed by atoms with Crippen LogP contribution < -0.4 is 5.32 Å². The smallest absolute Gasteiger partial charge is 0.297 e. The molecule has 2 N–H and O–H groups in total. The van der Waals surface area contributed by atoms with Crippen LogP contribution in [0.5, 0.6) is 0 Å². The van der Waals surface area contributed by atoms with E-state index in [9.17, 15) is 18.3 Å². The van der Waals surface area contributed by atoms with Crippen molar-refractivity contribution in [3.63, 3.8) is 0 Å². The van der Waals surface area contributed by atoms with Crippen LogP contribution in [0, 0.1) is 38.5 Å². The average molecular weight is 364 g/mol. The molecule has 5 radical (unpaired) electrons. The molecule has 1 aromatic carbocycles. The fourth-order valence-corrected chi connectivity index (χ4v) is 3.04. The number of carbonyl (C=O) groups excluding carboxylic acids is 1. The van der Waals surface area contributed by atoms with Crippen molar-refractivity contribution >= 4 is 16.0 Å². The summed E-state index contributed by atoms with van der Waals surface area (Å²) < 4.78 is 29.6. The van der Waals surface area contributed by atoms with Gasteiger partial charge in [-0.25, -0.2) is 0 Å². The van der Waals surface area contributed by atoms with Gasteiger partial charge in [-0.05, 0) is 58.6 Å². The summed E-state index contributed by atoms with van der Waals surface area (Å²) in [4.78, 5) is 12.2. The van der Waals surface area contributed by atoms with Crippen LogP contribution in [0.25, 0.3) is 0 Å². The number of hydrogen-bond donors (Lipinski definition) is 2. The summed E-state index contributed by atoms with van der Waals surface area (Å²) in [5.74, 6) is 0.0177. The lowest BCUT2D eigenvalue weighted by Gasteiger charge is -2.30. The molecule has 1 aliphatic rings. The van der Waals surface area contributed by atoms with Gasteiger partial charge in [-0.2, -0.15) is 8.42 Å². The van der Waals surface area contributed by atoms with Gasteiger partial charge in [-0.15, -0.1) is 0 Å². The monoisotopic (exact) mass is 364 g/mol. The highest BCUT2D eigenvalue weighted by Gasteiger charge is 2.34. The molecule has 0 saturated heterocycles. The second kappa shape index (κ2) is 7.85. The van der Waals surface area contributed by atoms with Crippen LogP contribution in [0.4, 0.5) is 0 Å². The zero-order chi connectivity index (χ0) is 18.7. The number of nitrogens with one attached hydrogen (secondary N) is 1. The average Bonchev–Trinajstić information content (AvgIpc) is 3.05. The largest absolute Gasteiger partial charge is 0.388 e. The Kier molecular flexibility index (Phi) is 6.24. The van der Waals surface area contributed by atoms with Crippen LogP contribution in [0.3, 0.4) is 0 Å². The van der Waals surface area contributed by atoms with E-state index in [-0.39, 0.29) is 11.5 Å². The fourth-order valence-electron chi connectivity index (χ4n) is 2.12. The highest BCUT2D eigenvalue weighted by Crippen LogP contribution is 2.24. The van der Waals surface area contributed by atoms with Crippen LogP contribution in [-0.2, 0) is 19.1 Å². The van der Waals surface area contributed by atoms with Gasteiger partial charge in [-0.3, -0.25) is 8.98 Å². The maximum Gasteiger partial charge on any atom is 0.297 e. The summed E-state index contributed by atoms with van der Waals surface area (Å²) >= 11 is 0. The molecule has 0 spiro atoms. The number of aryl methyl sites for hydroxylation is 1. The number of carbonyl (C=O) groups is 1. The first-order valence-corrected chi connectivity index (χ1v) is 9.21. The normalized spacial score (nSPS) is 17.4. The second-order valence-corrected chi connectivity index (χ2v) is 8.02. The van der Waals surface area contributed by atoms with E-state index in [1.165, 1.54) is 26.0 Å². The predicted molar refractivity (Wildman–Crippen MR) is 93.0 cm³/mol. The van der Waals surface area contributed by atoms with Crippen LogP contribution >= 0.6 is 0 Å². The Labute approximate surface area is 149 Å². The Bertz CT molecular complexity index is 685. The summed E-state index contributed by atoms with van der Waals surface area (Å²) in [5.41, 5.74) is -0.444. The van der Waals surface area contributed by atoms with E-state index in [2.05, 4.69) is 5.32 Å². The van der Waals surface area contributed by atoms with Crippen LogP contribution in [0.2, 0.25) is 0 Å². The Morgan fingerprint density at radius 3 is 2.28 bits per heavy atom. The van der Waals surface area contributed by atoms with Gasteiger partial charge in [0, 0.05) is 0 Å². The minimum absolute atomic E-state index is 0.0231. The van der Waals surface area contributed by atoms with Crippen LogP contribution in [0.1, 0.15) is 19.4 Å². The third-order valence-electron chi connectivity index (χ3n) is 3.78. The van der Waals surface area contributed by atoms with Crippen LogP contribution in [-0.4, -0.2) is 37.7 Å². The van der Waals surface area contributed by atoms with E-state index in [0.29, 0.717) is 5.92 Å². The van der Waals surface area contributed by atoms with Crippen molar-refractivity contribution in [1.82, 2.24) is 5.32 Å². The second-order valence-electron chi connectivity index (χ2n) is 6.40. The van der Waals surface area contributed by atoms with Crippen LogP contribution in [0.15, 0.2) is 29.2 Å². The Morgan fingerprint density at radius 1 is 1.20 bits per heavy atom. The highest BCUT2D eigenvalue weighted by atomic mass is 32.2. The lowest BCUT2D eigenvalue weighted by molar-refractivity contribution is -0.121. The van der Waals surface area contributed by atoms with Gasteiger partial charge in [0.05, 0.1) is 29.1 Å². The molecule has 1 fully saturated rings. The highest BCUT2D eigenvalue weighted by molar-refractivity contribution is 7.86. The summed E-state index contributed by atoms with van der Waals surface area (Å²) in [5, 5.41) is 12.9. The van der Waals surface area contributed by atoms with Crippen molar-refractivity contribution in [2.24, 2.45) is 0 Å². The van der Waals surface area contributed by atoms with Crippen molar-refractivity contribution in [3.05, 3.63) is 61.4 Å². The molecule has 0 heterocycles. The standard InChI is InChI=1S/C18H22NO5S/c1-13-8-10-15(11-9-13)25(22,23)24-12-16(18(2,3)21)19-17(20)14-6-4-5-7-14/h4-11,16,21H,12H2,1-3H3,(H,19,20)/t16-/m0/s1. The van der Waals surface area contributed by atoms with Crippen molar-refractivity contribution in [1.29, 1.82) is 0 Å². The van der Waals surface area contributed by atoms with E-state index >= 15 is 0 Å². The lowest BCUT2D eigenvalue weighted by atomic mass is 9.98. The fraction of sp³-hybridized carbons (Fsp3) is 0.333. The zero-order valence-corrected chi connectivity index (χ0v) is 15.2. The molecule has 1 amide bonds. The number of benzene rings is 1. The Hall–Kier alpha value is -1.44. The molecule has 0 bridgehead atoms. The van der Waals surface area contributed by atoms with E-state index in [4.69, 9.17) is 4.18 Å². The quantitative estimate of drug-likeness (QED) is 0.713. The SMILES string of the molecule is Cc1ccc(S(=O)(=O)OC[C@H](NC(=O)[C]2[CH][CH][CH][CH]2)C(C)(C)O)cc1. The third-order valence-corrected chi connectivity index (χ3v) is 5.08. The molecule has 7 heteroatoms. The number of aliphatic hydroxyl groups is 1. The van der Waals surface area contributed by atoms with Gasteiger partial charge in [0.2, 0.25) is 5.91 Å². The van der Waals surface area contributed by atoms with Gasteiger partial charge in [-0.1, -0.05) is 17.7 Å². The topological polar surface area (TPSA) is 92.7 Å². The predicted octanol–water partition coefficient (Wildman–Crippen LogP) is 1.36. The van der Waals surface area contributed by atoms with Gasteiger partial charge >= 0.3 is 0 Å². The molecule has 0 unspecified atom stereocenters. The first-order valence-electron chi connectivity index (χ1n) is 7.80. The maximum atomic E-state index is 12.3. The number of hydrogen-bond acceptors (Lipinski definition) is 5. The molecule has 1 aliphatic carbocycles. The van der Waals surface area contributed by atoms with Gasteiger partial charge < -0.3 is 10.4 Å². The molecule has 1 saturated carbocycles. The van der Waals surface area contributed by atoms with Crippen molar-refractivity contribution in [3.8, 4) is 0 Å². The first-order chi connectivity index (χ1) is 11.6. The minimum Gasteiger partial charge on any atom is -0.388 e. The number of rotatable bonds is 7. The van der Waals surface area contributed by atoms with E-state index < -0.39 is 27.7 Å². The molecule has 0 aliphatic heterocycles. The maximum absolute atomic E-state index is 12.3. The molecule has 2 rings (SSSR count). The van der Waals surface area contributed by atoms with E-state index in [1.54, 1.807) is 37.8 Å². The molecule has 135 valence electrons. The van der Waals surface area contributed by atoms with Gasteiger partial charge in [0.15, 0.2) is 0 Å². The summed E-state index contributed by atoms with van der Waals surface area (Å²) in [6.45, 7) is 4.42. The van der Waals surface area contributed by atoms with Gasteiger partial charge in [0.1, 0.15) is 0 Å². The molecule has 0 aromatic heterocycles. The van der Waals surface area contributed by atoms with Crippen molar-refractivity contribution in [2.75, 3.05) is 6.61 Å². The lowest BCUT2D eigenvalue weighted by Crippen LogP contribution is -2.53. The molecular formula is C18H22NO5S. The summed E-state index contributed by atoms with van der Waals surface area (Å²) in [7, 11) is -3.98.